The number of fused-ring (bicyclic) bond motifs is 2. The Morgan fingerprint density at radius 2 is 1.84 bits per heavy atom. The highest BCUT2D eigenvalue weighted by atomic mass is 16.6. The molecule has 0 fully saturated rings. The molecule has 0 saturated heterocycles. The zero-order valence-corrected chi connectivity index (χ0v) is 29.2. The molecule has 0 radical (unpaired) electrons. The van der Waals surface area contributed by atoms with Crippen LogP contribution in [0.3, 0.4) is 0 Å². The summed E-state index contributed by atoms with van der Waals surface area (Å²) in [6.07, 6.45) is 5.49. The summed E-state index contributed by atoms with van der Waals surface area (Å²) in [4.78, 5) is 63.9. The van der Waals surface area contributed by atoms with Crippen LogP contribution in [-0.4, -0.2) is 93.0 Å². The monoisotopic (exact) mass is 685 g/mol. The van der Waals surface area contributed by atoms with Gasteiger partial charge >= 0.3 is 12.1 Å². The van der Waals surface area contributed by atoms with E-state index in [2.05, 4.69) is 27.8 Å². The second-order valence-electron chi connectivity index (χ2n) is 12.1. The van der Waals surface area contributed by atoms with Gasteiger partial charge in [-0.05, 0) is 44.6 Å². The van der Waals surface area contributed by atoms with Crippen LogP contribution in [-0.2, 0) is 28.6 Å². The number of rotatable bonds is 10. The number of ketones is 2. The van der Waals surface area contributed by atoms with Gasteiger partial charge in [0.1, 0.15) is 6.10 Å². The first kappa shape index (κ1) is 40.6. The van der Waals surface area contributed by atoms with Crippen LogP contribution in [0.15, 0.2) is 71.1 Å². The molecule has 0 aromatic rings. The number of aliphatic hydroxyl groups is 1. The van der Waals surface area contributed by atoms with Crippen molar-refractivity contribution < 1.29 is 43.3 Å². The van der Waals surface area contributed by atoms with Gasteiger partial charge in [-0.2, -0.15) is 0 Å². The minimum Gasteiger partial charge on any atom is -0.439 e. The van der Waals surface area contributed by atoms with Crippen molar-refractivity contribution in [3.05, 3.63) is 71.1 Å². The van der Waals surface area contributed by atoms with E-state index in [9.17, 15) is 29.1 Å². The molecule has 0 unspecified atom stereocenters. The second kappa shape index (κ2) is 20.1. The third-order valence-corrected chi connectivity index (χ3v) is 8.14. The molecule has 1 heterocycles. The van der Waals surface area contributed by atoms with E-state index in [1.54, 1.807) is 32.1 Å². The zero-order valence-electron chi connectivity index (χ0n) is 29.2. The average Bonchev–Trinajstić information content (AvgIpc) is 3.05. The fraction of sp³-hybridized carbons (Fsp3) is 0.514. The molecule has 14 heteroatoms. The van der Waals surface area contributed by atoms with Crippen molar-refractivity contribution in [3.8, 4) is 0 Å². The molecule has 1 aliphatic heterocycles. The van der Waals surface area contributed by atoms with Gasteiger partial charge in [0, 0.05) is 57.0 Å². The van der Waals surface area contributed by atoms with Crippen LogP contribution < -0.4 is 27.0 Å². The number of ether oxygens (including phenoxy) is 3. The number of allylic oxidation sites excluding steroid dienone is 4. The van der Waals surface area contributed by atoms with Gasteiger partial charge in [-0.1, -0.05) is 44.2 Å². The molecule has 7 N–H and O–H groups in total. The number of nitrogens with one attached hydrogen (secondary N) is 4. The van der Waals surface area contributed by atoms with Crippen molar-refractivity contribution in [3.63, 3.8) is 0 Å². The number of primary amides is 1. The van der Waals surface area contributed by atoms with E-state index in [4.69, 9.17) is 19.9 Å². The smallest absolute Gasteiger partial charge is 0.405 e. The molecule has 2 rings (SSSR count). The lowest BCUT2D eigenvalue weighted by atomic mass is 9.85. The van der Waals surface area contributed by atoms with Crippen LogP contribution in [0.25, 0.3) is 0 Å². The van der Waals surface area contributed by atoms with E-state index < -0.39 is 53.9 Å². The Kier molecular flexibility index (Phi) is 16.7. The Hall–Kier alpha value is -4.53. The zero-order chi connectivity index (χ0) is 36.7. The predicted molar refractivity (Wildman–Crippen MR) is 184 cm³/mol. The van der Waals surface area contributed by atoms with Crippen LogP contribution >= 0.6 is 0 Å². The second-order valence-corrected chi connectivity index (χ2v) is 12.1. The number of hydrogen-bond acceptors (Lipinski definition) is 10. The SMILES string of the molecule is C=CCNC(=O)NCCCNC1=C2C[C@@H](C)C[C@H](OC)[C@H](O)[C@@H](C)/C=C(\C)[C@H](OC(N)=O)[C@@H](OC)/C=C\C=C(/C)C(=O)NC(=CC1=O)C2=O. The fourth-order valence-electron chi connectivity index (χ4n) is 5.51. The van der Waals surface area contributed by atoms with Gasteiger partial charge in [-0.25, -0.2) is 9.59 Å². The number of nitrogens with two attached hydrogens (primary N) is 1. The Bertz CT molecular complexity index is 1400. The van der Waals surface area contributed by atoms with Gasteiger partial charge in [0.15, 0.2) is 6.10 Å². The molecule has 49 heavy (non-hydrogen) atoms. The van der Waals surface area contributed by atoms with E-state index in [0.29, 0.717) is 31.5 Å². The Balaban J connectivity index is 2.48. The molecule has 0 saturated carbocycles. The van der Waals surface area contributed by atoms with Crippen LogP contribution in [0.4, 0.5) is 9.59 Å². The van der Waals surface area contributed by atoms with Crippen molar-refractivity contribution in [1.29, 1.82) is 0 Å². The van der Waals surface area contributed by atoms with Crippen molar-refractivity contribution in [2.24, 2.45) is 17.6 Å². The summed E-state index contributed by atoms with van der Waals surface area (Å²) in [7, 11) is 2.90. The molecular weight excluding hydrogens is 634 g/mol. The van der Waals surface area contributed by atoms with E-state index in [1.165, 1.54) is 33.3 Å². The molecular formula is C35H51N5O9. The van der Waals surface area contributed by atoms with Crippen molar-refractivity contribution in [2.75, 3.05) is 33.9 Å². The van der Waals surface area contributed by atoms with Gasteiger partial charge in [-0.15, -0.1) is 6.58 Å². The number of Topliss-reactive ketones (excluding diaryl/α,β-unsaturated/α-hetero) is 1. The van der Waals surface area contributed by atoms with Crippen molar-refractivity contribution in [1.82, 2.24) is 21.3 Å². The number of urea groups is 1. The Labute approximate surface area is 287 Å². The maximum absolute atomic E-state index is 13.8. The standard InChI is InChI=1S/C35H51N5O9/c1-8-13-38-35(46)39-15-10-14-37-29-24-16-20(2)17-28(48-7)30(42)22(4)18-23(5)32(49-34(36)45)27(47-6)12-9-11-21(3)33(44)40-25(31(24)43)19-26(29)41/h8-9,11-12,18-20,22,27-28,30,32,37,42H,1,10,13-17H2,2-7H3,(H2,36,45)(H,40,44)(H2,38,39,46)/b12-9-,21-11+,23-18+/t20-,22+,27+,28+,30-,32+/m1/s1. The third kappa shape index (κ3) is 12.5. The van der Waals surface area contributed by atoms with Gasteiger partial charge in [-0.3, -0.25) is 14.4 Å². The average molecular weight is 686 g/mol. The lowest BCUT2D eigenvalue weighted by Crippen LogP contribution is -2.38. The van der Waals surface area contributed by atoms with Crippen LogP contribution in [0, 0.1) is 11.8 Å². The molecule has 6 atom stereocenters. The normalized spacial score (nSPS) is 28.6. The highest BCUT2D eigenvalue weighted by Gasteiger charge is 2.33. The van der Waals surface area contributed by atoms with Gasteiger partial charge in [0.25, 0.3) is 5.91 Å². The maximum Gasteiger partial charge on any atom is 0.405 e. The summed E-state index contributed by atoms with van der Waals surface area (Å²) in [5.41, 5.74) is 6.28. The third-order valence-electron chi connectivity index (χ3n) is 8.14. The fourth-order valence-corrected chi connectivity index (χ4v) is 5.51. The van der Waals surface area contributed by atoms with Crippen LogP contribution in [0.1, 0.15) is 47.0 Å². The molecule has 4 amide bonds. The summed E-state index contributed by atoms with van der Waals surface area (Å²) >= 11 is 0. The number of methoxy groups -OCH3 is 2. The summed E-state index contributed by atoms with van der Waals surface area (Å²) in [6, 6.07) is -0.352. The molecule has 2 bridgehead atoms. The largest absolute Gasteiger partial charge is 0.439 e. The first-order valence-electron chi connectivity index (χ1n) is 16.2. The molecule has 2 aliphatic rings. The maximum atomic E-state index is 13.8. The van der Waals surface area contributed by atoms with E-state index in [0.717, 1.165) is 6.08 Å². The first-order chi connectivity index (χ1) is 23.2. The molecule has 0 spiro atoms. The molecule has 270 valence electrons. The lowest BCUT2D eigenvalue weighted by molar-refractivity contribution is -0.120. The first-order valence-corrected chi connectivity index (χ1v) is 16.2. The number of aliphatic hydroxyl groups excluding tert-OH is 1. The molecule has 0 aromatic heterocycles. The molecule has 14 nitrogen and oxygen atoms in total. The molecule has 1 aliphatic carbocycles. The van der Waals surface area contributed by atoms with Gasteiger partial charge in [0.2, 0.25) is 11.6 Å². The van der Waals surface area contributed by atoms with E-state index in [-0.39, 0.29) is 47.5 Å². The summed E-state index contributed by atoms with van der Waals surface area (Å²) in [5.74, 6) is -2.34. The minimum atomic E-state index is -1.01. The number of amides is 4. The Morgan fingerprint density at radius 1 is 1.12 bits per heavy atom. The summed E-state index contributed by atoms with van der Waals surface area (Å²) in [6.45, 7) is 11.4. The topological polar surface area (TPSA) is 207 Å². The van der Waals surface area contributed by atoms with Gasteiger partial charge < -0.3 is 46.3 Å². The molecule has 0 aromatic carbocycles. The van der Waals surface area contributed by atoms with Crippen molar-refractivity contribution >= 4 is 29.6 Å². The van der Waals surface area contributed by atoms with Crippen LogP contribution in [0.2, 0.25) is 0 Å². The summed E-state index contributed by atoms with van der Waals surface area (Å²) < 4.78 is 16.6. The van der Waals surface area contributed by atoms with Gasteiger partial charge in [0.05, 0.1) is 23.6 Å². The number of carbonyl (C=O) groups is 5. The van der Waals surface area contributed by atoms with E-state index >= 15 is 0 Å². The highest BCUT2D eigenvalue weighted by Crippen LogP contribution is 2.29. The highest BCUT2D eigenvalue weighted by molar-refractivity contribution is 6.23. The lowest BCUT2D eigenvalue weighted by Gasteiger charge is -2.30. The summed E-state index contributed by atoms with van der Waals surface area (Å²) in [5, 5.41) is 22.3. The predicted octanol–water partition coefficient (Wildman–Crippen LogP) is 2.23. The van der Waals surface area contributed by atoms with Crippen molar-refractivity contribution in [2.45, 2.75) is 71.4 Å². The number of hydrogen-bond donors (Lipinski definition) is 6. The number of carbonyl (C=O) groups excluding carboxylic acids is 5. The quantitative estimate of drug-likeness (QED) is 0.112. The Morgan fingerprint density at radius 3 is 2.47 bits per heavy atom. The minimum absolute atomic E-state index is 0.111. The van der Waals surface area contributed by atoms with Crippen LogP contribution in [0.5, 0.6) is 0 Å². The van der Waals surface area contributed by atoms with E-state index in [1.807, 2.05) is 6.92 Å².